The maximum absolute atomic E-state index is 12.5. The smallest absolute Gasteiger partial charge is 0.305 e. The van der Waals surface area contributed by atoms with Crippen LogP contribution in [-0.2, 0) is 16.0 Å². The Morgan fingerprint density at radius 3 is 2.47 bits per heavy atom. The van der Waals surface area contributed by atoms with Crippen LogP contribution in [0.5, 0.6) is 5.75 Å². The molecule has 7 nitrogen and oxygen atoms in total. The van der Waals surface area contributed by atoms with E-state index < -0.39 is 0 Å². The summed E-state index contributed by atoms with van der Waals surface area (Å²) in [4.78, 5) is 24.0. The van der Waals surface area contributed by atoms with Gasteiger partial charge in [-0.1, -0.05) is 6.07 Å². The number of benzene rings is 2. The number of hydrogen-bond acceptors (Lipinski definition) is 5. The molecule has 0 aliphatic heterocycles. The summed E-state index contributed by atoms with van der Waals surface area (Å²) in [5.74, 6) is 0.227. The van der Waals surface area contributed by atoms with Crippen LogP contribution in [0.1, 0.15) is 33.7 Å². The predicted octanol–water partition coefficient (Wildman–Crippen LogP) is 3.86. The van der Waals surface area contributed by atoms with Crippen LogP contribution in [0.3, 0.4) is 0 Å². The van der Waals surface area contributed by atoms with Crippen molar-refractivity contribution in [3.05, 3.63) is 71.0 Å². The Kier molecular flexibility index (Phi) is 6.51. The quantitative estimate of drug-likeness (QED) is 0.602. The molecule has 1 heterocycles. The fraction of sp³-hybridized carbons (Fsp3) is 0.261. The lowest BCUT2D eigenvalue weighted by atomic mass is 10.1. The average Bonchev–Trinajstić information content (AvgIpc) is 3.05. The molecule has 0 aliphatic rings. The number of carbonyl (C=O) groups excluding carboxylic acids is 2. The number of amides is 1. The Morgan fingerprint density at radius 2 is 1.80 bits per heavy atom. The van der Waals surface area contributed by atoms with Crippen LogP contribution in [-0.4, -0.2) is 35.9 Å². The lowest BCUT2D eigenvalue weighted by Crippen LogP contribution is -2.12. The van der Waals surface area contributed by atoms with Crippen molar-refractivity contribution in [3.8, 4) is 11.4 Å². The lowest BCUT2D eigenvalue weighted by Gasteiger charge is -2.09. The maximum atomic E-state index is 12.5. The van der Waals surface area contributed by atoms with Crippen LogP contribution in [0.25, 0.3) is 5.69 Å². The van der Waals surface area contributed by atoms with Crippen molar-refractivity contribution in [2.45, 2.75) is 26.7 Å². The molecule has 0 aliphatic carbocycles. The van der Waals surface area contributed by atoms with Gasteiger partial charge < -0.3 is 14.8 Å². The van der Waals surface area contributed by atoms with Gasteiger partial charge in [-0.3, -0.25) is 9.59 Å². The van der Waals surface area contributed by atoms with E-state index in [1.54, 1.807) is 31.4 Å². The third-order valence-electron chi connectivity index (χ3n) is 4.95. The van der Waals surface area contributed by atoms with Gasteiger partial charge in [-0.15, -0.1) is 0 Å². The zero-order chi connectivity index (χ0) is 21.7. The molecule has 1 aromatic heterocycles. The lowest BCUT2D eigenvalue weighted by molar-refractivity contribution is -0.140. The number of aryl methyl sites for hydroxylation is 1. The molecular weight excluding hydrogens is 382 g/mol. The highest BCUT2D eigenvalue weighted by Gasteiger charge is 2.15. The van der Waals surface area contributed by atoms with Gasteiger partial charge in [-0.2, -0.15) is 5.10 Å². The highest BCUT2D eigenvalue weighted by atomic mass is 16.5. The van der Waals surface area contributed by atoms with E-state index in [2.05, 4.69) is 10.4 Å². The van der Waals surface area contributed by atoms with Crippen molar-refractivity contribution in [3.63, 3.8) is 0 Å². The Morgan fingerprint density at radius 1 is 1.07 bits per heavy atom. The van der Waals surface area contributed by atoms with Crippen LogP contribution in [0.2, 0.25) is 0 Å². The molecule has 1 N–H and O–H groups in total. The third kappa shape index (κ3) is 4.68. The maximum Gasteiger partial charge on any atom is 0.305 e. The monoisotopic (exact) mass is 407 g/mol. The van der Waals surface area contributed by atoms with Crippen LogP contribution in [0.15, 0.2) is 48.5 Å². The molecule has 0 saturated heterocycles. The SMILES string of the molecule is COC(=O)CCc1c(C)nn(-c2ccc(C(=O)Nc3cccc(OC)c3)cc2)c1C. The number of aromatic nitrogens is 2. The van der Waals surface area contributed by atoms with Crippen LogP contribution in [0, 0.1) is 13.8 Å². The second kappa shape index (κ2) is 9.26. The van der Waals surface area contributed by atoms with E-state index in [-0.39, 0.29) is 11.9 Å². The van der Waals surface area contributed by atoms with Gasteiger partial charge in [0.15, 0.2) is 0 Å². The van der Waals surface area contributed by atoms with E-state index in [4.69, 9.17) is 9.47 Å². The summed E-state index contributed by atoms with van der Waals surface area (Å²) >= 11 is 0. The highest BCUT2D eigenvalue weighted by Crippen LogP contribution is 2.21. The average molecular weight is 407 g/mol. The van der Waals surface area contributed by atoms with E-state index >= 15 is 0 Å². The van der Waals surface area contributed by atoms with Crippen molar-refractivity contribution in [1.82, 2.24) is 9.78 Å². The fourth-order valence-electron chi connectivity index (χ4n) is 3.28. The molecule has 3 rings (SSSR count). The molecule has 156 valence electrons. The van der Waals surface area contributed by atoms with Gasteiger partial charge in [0.25, 0.3) is 5.91 Å². The first-order valence-corrected chi connectivity index (χ1v) is 9.60. The van der Waals surface area contributed by atoms with Crippen LogP contribution in [0.4, 0.5) is 5.69 Å². The molecule has 0 radical (unpaired) electrons. The first-order chi connectivity index (χ1) is 14.4. The molecule has 0 atom stereocenters. The van der Waals surface area contributed by atoms with Crippen LogP contribution < -0.4 is 10.1 Å². The number of methoxy groups -OCH3 is 2. The predicted molar refractivity (Wildman–Crippen MR) is 114 cm³/mol. The number of nitrogens with zero attached hydrogens (tertiary/aromatic N) is 2. The van der Waals surface area contributed by atoms with E-state index in [1.807, 2.05) is 42.8 Å². The Bertz CT molecular complexity index is 1050. The number of rotatable bonds is 7. The molecule has 3 aromatic rings. The van der Waals surface area contributed by atoms with Crippen LogP contribution >= 0.6 is 0 Å². The summed E-state index contributed by atoms with van der Waals surface area (Å²) in [6.45, 7) is 3.89. The standard InChI is InChI=1S/C23H25N3O4/c1-15-21(12-13-22(27)30-4)16(2)26(25-15)19-10-8-17(9-11-19)23(28)24-18-6-5-7-20(14-18)29-3/h5-11,14H,12-13H2,1-4H3,(H,24,28). The van der Waals surface area contributed by atoms with Crippen molar-refractivity contribution in [1.29, 1.82) is 0 Å². The highest BCUT2D eigenvalue weighted by molar-refractivity contribution is 6.04. The molecule has 1 amide bonds. The first kappa shape index (κ1) is 21.1. The minimum atomic E-state index is -0.243. The largest absolute Gasteiger partial charge is 0.497 e. The van der Waals surface area contributed by atoms with Gasteiger partial charge >= 0.3 is 5.97 Å². The molecule has 2 aromatic carbocycles. The molecule has 0 saturated carbocycles. The Balaban J connectivity index is 1.75. The summed E-state index contributed by atoms with van der Waals surface area (Å²) in [6, 6.07) is 14.4. The van der Waals surface area contributed by atoms with Gasteiger partial charge in [0, 0.05) is 29.4 Å². The molecule has 0 fully saturated rings. The topological polar surface area (TPSA) is 82.5 Å². The summed E-state index contributed by atoms with van der Waals surface area (Å²) in [7, 11) is 2.97. The molecule has 0 unspecified atom stereocenters. The molecule has 0 bridgehead atoms. The Hall–Kier alpha value is -3.61. The number of nitrogens with one attached hydrogen (secondary N) is 1. The summed E-state index contributed by atoms with van der Waals surface area (Å²) < 4.78 is 11.7. The summed E-state index contributed by atoms with van der Waals surface area (Å²) in [6.07, 6.45) is 0.888. The summed E-state index contributed by atoms with van der Waals surface area (Å²) in [5, 5.41) is 7.46. The zero-order valence-corrected chi connectivity index (χ0v) is 17.6. The minimum absolute atomic E-state index is 0.207. The van der Waals surface area contributed by atoms with Gasteiger partial charge in [0.1, 0.15) is 5.75 Å². The van der Waals surface area contributed by atoms with E-state index in [1.165, 1.54) is 7.11 Å². The zero-order valence-electron chi connectivity index (χ0n) is 17.6. The second-order valence-corrected chi connectivity index (χ2v) is 6.87. The third-order valence-corrected chi connectivity index (χ3v) is 4.95. The van der Waals surface area contributed by atoms with Crippen molar-refractivity contribution in [2.75, 3.05) is 19.5 Å². The van der Waals surface area contributed by atoms with Crippen molar-refractivity contribution in [2.24, 2.45) is 0 Å². The fourth-order valence-corrected chi connectivity index (χ4v) is 3.28. The summed E-state index contributed by atoms with van der Waals surface area (Å²) in [5.41, 5.74) is 4.91. The number of anilines is 1. The number of carbonyl (C=O) groups is 2. The Labute approximate surface area is 175 Å². The molecular formula is C23H25N3O4. The van der Waals surface area contributed by atoms with E-state index in [0.717, 1.165) is 22.6 Å². The normalized spacial score (nSPS) is 10.5. The minimum Gasteiger partial charge on any atom is -0.497 e. The molecule has 7 heteroatoms. The number of esters is 1. The number of hydrogen-bond donors (Lipinski definition) is 1. The van der Waals surface area contributed by atoms with E-state index in [0.29, 0.717) is 29.8 Å². The second-order valence-electron chi connectivity index (χ2n) is 6.87. The van der Waals surface area contributed by atoms with Gasteiger partial charge in [0.05, 0.1) is 25.6 Å². The van der Waals surface area contributed by atoms with Crippen molar-refractivity contribution >= 4 is 17.6 Å². The van der Waals surface area contributed by atoms with E-state index in [9.17, 15) is 9.59 Å². The number of ether oxygens (including phenoxy) is 2. The first-order valence-electron chi connectivity index (χ1n) is 9.60. The van der Waals surface area contributed by atoms with Gasteiger partial charge in [-0.05, 0) is 62.2 Å². The van der Waals surface area contributed by atoms with Gasteiger partial charge in [-0.25, -0.2) is 4.68 Å². The molecule has 0 spiro atoms. The molecule has 30 heavy (non-hydrogen) atoms. The van der Waals surface area contributed by atoms with Crippen molar-refractivity contribution < 1.29 is 19.1 Å². The van der Waals surface area contributed by atoms with Gasteiger partial charge in [0.2, 0.25) is 0 Å².